The van der Waals surface area contributed by atoms with Gasteiger partial charge in [-0.2, -0.15) is 0 Å². The molecule has 0 spiro atoms. The summed E-state index contributed by atoms with van der Waals surface area (Å²) < 4.78 is 0. The van der Waals surface area contributed by atoms with Crippen molar-refractivity contribution in [3.63, 3.8) is 0 Å². The second kappa shape index (κ2) is 7.64. The van der Waals surface area contributed by atoms with Gasteiger partial charge in [0.25, 0.3) is 11.6 Å². The first-order valence-electron chi connectivity index (χ1n) is 7.12. The van der Waals surface area contributed by atoms with E-state index in [-0.39, 0.29) is 11.1 Å². The van der Waals surface area contributed by atoms with Gasteiger partial charge in [-0.15, -0.1) is 11.3 Å². The molecule has 2 aromatic rings. The summed E-state index contributed by atoms with van der Waals surface area (Å²) >= 11 is 1.48. The number of carbonyl (C=O) groups excluding carboxylic acids is 1. The average molecular weight is 349 g/mol. The molecule has 0 saturated heterocycles. The molecular formula is C15H15N3O5S. The minimum atomic E-state index is -1.32. The number of rotatable bonds is 7. The molecule has 0 unspecified atom stereocenters. The van der Waals surface area contributed by atoms with Crippen molar-refractivity contribution in [1.82, 2.24) is 9.88 Å². The van der Waals surface area contributed by atoms with Crippen LogP contribution in [0.2, 0.25) is 0 Å². The van der Waals surface area contributed by atoms with E-state index < -0.39 is 22.5 Å². The molecule has 1 heterocycles. The first-order chi connectivity index (χ1) is 11.4. The zero-order chi connectivity index (χ0) is 17.7. The Hall–Kier alpha value is -2.81. The lowest BCUT2D eigenvalue weighted by Crippen LogP contribution is -2.33. The highest BCUT2D eigenvalue weighted by Crippen LogP contribution is 2.19. The third kappa shape index (κ3) is 4.13. The number of carboxylic acids is 1. The number of aromatic nitrogens is 1. The number of carbonyl (C=O) groups is 2. The second-order valence-corrected chi connectivity index (χ2v) is 5.87. The molecule has 0 atom stereocenters. The Balaban J connectivity index is 2.25. The Morgan fingerprint density at radius 3 is 2.58 bits per heavy atom. The summed E-state index contributed by atoms with van der Waals surface area (Å²) in [7, 11) is 0. The first kappa shape index (κ1) is 17.5. The van der Waals surface area contributed by atoms with Crippen LogP contribution in [0, 0.1) is 10.1 Å². The Labute approximate surface area is 141 Å². The van der Waals surface area contributed by atoms with Gasteiger partial charge in [0.1, 0.15) is 0 Å². The Kier molecular flexibility index (Phi) is 5.59. The van der Waals surface area contributed by atoms with Crippen molar-refractivity contribution < 1.29 is 19.6 Å². The van der Waals surface area contributed by atoms with Crippen molar-refractivity contribution in [2.45, 2.75) is 13.3 Å². The van der Waals surface area contributed by atoms with E-state index in [4.69, 9.17) is 5.11 Å². The molecule has 126 valence electrons. The molecule has 0 saturated carbocycles. The number of hydrogen-bond donors (Lipinski definition) is 1. The van der Waals surface area contributed by atoms with Crippen molar-refractivity contribution >= 4 is 28.9 Å². The van der Waals surface area contributed by atoms with Gasteiger partial charge >= 0.3 is 5.97 Å². The summed E-state index contributed by atoms with van der Waals surface area (Å²) in [6.45, 7) is 2.58. The standard InChI is InChI=1S/C15H15N3O5S/c1-2-17(5-3-13-16-4-6-24-13)14(19)10-7-11(15(20)21)9-12(8-10)18(22)23/h4,6-9H,2-3,5H2,1H3,(H,20,21). The highest BCUT2D eigenvalue weighted by molar-refractivity contribution is 7.09. The van der Waals surface area contributed by atoms with Crippen LogP contribution in [-0.4, -0.2) is 44.9 Å². The lowest BCUT2D eigenvalue weighted by Gasteiger charge is -2.20. The fraction of sp³-hybridized carbons (Fsp3) is 0.267. The molecule has 1 N–H and O–H groups in total. The number of amides is 1. The van der Waals surface area contributed by atoms with Gasteiger partial charge in [0.2, 0.25) is 0 Å². The largest absolute Gasteiger partial charge is 0.478 e. The van der Waals surface area contributed by atoms with Crippen molar-refractivity contribution in [3.8, 4) is 0 Å². The maximum atomic E-state index is 12.6. The van der Waals surface area contributed by atoms with Crippen LogP contribution in [0.5, 0.6) is 0 Å². The molecule has 0 bridgehead atoms. The van der Waals surface area contributed by atoms with Crippen LogP contribution in [0.3, 0.4) is 0 Å². The van der Waals surface area contributed by atoms with E-state index in [1.807, 2.05) is 5.38 Å². The highest BCUT2D eigenvalue weighted by Gasteiger charge is 2.21. The molecule has 0 aliphatic carbocycles. The molecule has 9 heteroatoms. The molecular weight excluding hydrogens is 334 g/mol. The lowest BCUT2D eigenvalue weighted by atomic mass is 10.1. The third-order valence-electron chi connectivity index (χ3n) is 3.37. The van der Waals surface area contributed by atoms with Gasteiger partial charge in [-0.05, 0) is 13.0 Å². The van der Waals surface area contributed by atoms with E-state index >= 15 is 0 Å². The minimum Gasteiger partial charge on any atom is -0.478 e. The lowest BCUT2D eigenvalue weighted by molar-refractivity contribution is -0.384. The van der Waals surface area contributed by atoms with Gasteiger partial charge in [-0.3, -0.25) is 14.9 Å². The van der Waals surface area contributed by atoms with E-state index in [1.54, 1.807) is 13.1 Å². The number of non-ortho nitro benzene ring substituents is 1. The van der Waals surface area contributed by atoms with Crippen LogP contribution in [-0.2, 0) is 6.42 Å². The molecule has 0 aliphatic rings. The van der Waals surface area contributed by atoms with Gasteiger partial charge in [-0.1, -0.05) is 0 Å². The molecule has 1 aromatic heterocycles. The fourth-order valence-electron chi connectivity index (χ4n) is 2.16. The topological polar surface area (TPSA) is 114 Å². The predicted molar refractivity (Wildman–Crippen MR) is 87.5 cm³/mol. The average Bonchev–Trinajstić information content (AvgIpc) is 3.08. The molecule has 0 aliphatic heterocycles. The van der Waals surface area contributed by atoms with E-state index in [0.29, 0.717) is 19.5 Å². The quantitative estimate of drug-likeness (QED) is 0.607. The summed E-state index contributed by atoms with van der Waals surface area (Å²) in [5.74, 6) is -1.76. The number of benzene rings is 1. The number of nitrogens with zero attached hydrogens (tertiary/aromatic N) is 3. The molecule has 0 fully saturated rings. The number of carboxylic acid groups (broad SMARTS) is 1. The Bertz CT molecular complexity index is 728. The summed E-state index contributed by atoms with van der Waals surface area (Å²) in [4.78, 5) is 39.6. The summed E-state index contributed by atoms with van der Waals surface area (Å²) in [6.07, 6.45) is 2.25. The van der Waals surface area contributed by atoms with Crippen molar-refractivity contribution in [2.75, 3.05) is 13.1 Å². The van der Waals surface area contributed by atoms with Crippen LogP contribution in [0.15, 0.2) is 29.8 Å². The zero-order valence-electron chi connectivity index (χ0n) is 12.8. The monoisotopic (exact) mass is 349 g/mol. The van der Waals surface area contributed by atoms with Crippen molar-refractivity contribution in [2.24, 2.45) is 0 Å². The van der Waals surface area contributed by atoms with Crippen LogP contribution < -0.4 is 0 Å². The van der Waals surface area contributed by atoms with Crippen LogP contribution >= 0.6 is 11.3 Å². The molecule has 0 radical (unpaired) electrons. The molecule has 1 aromatic carbocycles. The number of hydrogen-bond acceptors (Lipinski definition) is 6. The van der Waals surface area contributed by atoms with Gasteiger partial charge in [0.05, 0.1) is 15.5 Å². The molecule has 2 rings (SSSR count). The summed E-state index contributed by atoms with van der Waals surface area (Å²) in [5.41, 5.74) is -0.722. The zero-order valence-corrected chi connectivity index (χ0v) is 13.7. The Morgan fingerprint density at radius 1 is 1.33 bits per heavy atom. The smallest absolute Gasteiger partial charge is 0.335 e. The van der Waals surface area contributed by atoms with E-state index in [0.717, 1.165) is 23.2 Å². The number of aromatic carboxylic acids is 1. The number of likely N-dealkylation sites (N-methyl/N-ethyl adjacent to an activating group) is 1. The highest BCUT2D eigenvalue weighted by atomic mass is 32.1. The number of thiazole rings is 1. The van der Waals surface area contributed by atoms with Gasteiger partial charge in [0, 0.05) is 48.8 Å². The fourth-order valence-corrected chi connectivity index (χ4v) is 2.77. The normalized spacial score (nSPS) is 10.4. The van der Waals surface area contributed by atoms with Crippen LogP contribution in [0.25, 0.3) is 0 Å². The van der Waals surface area contributed by atoms with E-state index in [1.165, 1.54) is 16.2 Å². The number of nitro groups is 1. The van der Waals surface area contributed by atoms with E-state index in [2.05, 4.69) is 4.98 Å². The summed E-state index contributed by atoms with van der Waals surface area (Å²) in [5, 5.41) is 22.7. The van der Waals surface area contributed by atoms with Gasteiger partial charge in [-0.25, -0.2) is 9.78 Å². The molecule has 1 amide bonds. The van der Waals surface area contributed by atoms with Gasteiger partial charge in [0.15, 0.2) is 0 Å². The van der Waals surface area contributed by atoms with Crippen molar-refractivity contribution in [3.05, 3.63) is 56.0 Å². The maximum Gasteiger partial charge on any atom is 0.335 e. The predicted octanol–water partition coefficient (Wildman–Crippen LogP) is 2.45. The molecule has 8 nitrogen and oxygen atoms in total. The SMILES string of the molecule is CCN(CCc1nccs1)C(=O)c1cc(C(=O)O)cc([N+](=O)[O-])c1. The maximum absolute atomic E-state index is 12.6. The summed E-state index contributed by atoms with van der Waals surface area (Å²) in [6, 6.07) is 3.19. The van der Waals surface area contributed by atoms with Gasteiger partial charge < -0.3 is 10.0 Å². The second-order valence-electron chi connectivity index (χ2n) is 4.89. The van der Waals surface area contributed by atoms with Crippen LogP contribution in [0.1, 0.15) is 32.6 Å². The van der Waals surface area contributed by atoms with E-state index in [9.17, 15) is 19.7 Å². The third-order valence-corrected chi connectivity index (χ3v) is 4.21. The van der Waals surface area contributed by atoms with Crippen molar-refractivity contribution in [1.29, 1.82) is 0 Å². The van der Waals surface area contributed by atoms with Crippen LogP contribution in [0.4, 0.5) is 5.69 Å². The minimum absolute atomic E-state index is 0.0115. The Morgan fingerprint density at radius 2 is 2.04 bits per heavy atom. The first-order valence-corrected chi connectivity index (χ1v) is 8.00. The molecule has 24 heavy (non-hydrogen) atoms. The number of nitro benzene ring substituents is 1.